The van der Waals surface area contributed by atoms with Crippen molar-refractivity contribution in [3.05, 3.63) is 52.4 Å². The van der Waals surface area contributed by atoms with Crippen LogP contribution in [0.4, 0.5) is 0 Å². The Hall–Kier alpha value is -2.29. The molecule has 0 spiro atoms. The van der Waals surface area contributed by atoms with E-state index in [1.807, 2.05) is 30.3 Å². The molecule has 1 aromatic heterocycles. The van der Waals surface area contributed by atoms with Gasteiger partial charge in [0.1, 0.15) is 16.9 Å². The maximum atomic E-state index is 13.0. The van der Waals surface area contributed by atoms with E-state index in [0.717, 1.165) is 40.3 Å². The van der Waals surface area contributed by atoms with Crippen molar-refractivity contribution in [1.82, 2.24) is 0 Å². The van der Waals surface area contributed by atoms with Crippen LogP contribution >= 0.6 is 0 Å². The monoisotopic (exact) mass is 348 g/mol. The summed E-state index contributed by atoms with van der Waals surface area (Å²) < 4.78 is 12.4. The lowest BCUT2D eigenvalue weighted by atomic mass is 9.64. The molecule has 0 bridgehead atoms. The minimum atomic E-state index is -0.274. The zero-order chi connectivity index (χ0) is 18.1. The summed E-state index contributed by atoms with van der Waals surface area (Å²) in [6.07, 6.45) is 3.34. The first-order valence-electron chi connectivity index (χ1n) is 9.63. The topological polar surface area (TPSA) is 39.4 Å². The van der Waals surface area contributed by atoms with Gasteiger partial charge in [0.05, 0.1) is 10.9 Å². The molecule has 2 aliphatic rings. The van der Waals surface area contributed by atoms with Crippen molar-refractivity contribution in [2.24, 2.45) is 11.8 Å². The van der Waals surface area contributed by atoms with Crippen LogP contribution in [0.2, 0.25) is 0 Å². The van der Waals surface area contributed by atoms with Gasteiger partial charge < -0.3 is 9.15 Å². The molecule has 1 aliphatic heterocycles. The third kappa shape index (κ3) is 2.16. The first kappa shape index (κ1) is 15.9. The fraction of sp³-hybridized carbons (Fsp3) is 0.435. The molecule has 3 nitrogen and oxygen atoms in total. The molecule has 0 amide bonds. The van der Waals surface area contributed by atoms with E-state index in [0.29, 0.717) is 17.4 Å². The van der Waals surface area contributed by atoms with Crippen molar-refractivity contribution in [1.29, 1.82) is 0 Å². The number of fused-ring (bicyclic) bond motifs is 7. The molecule has 0 saturated heterocycles. The number of benzene rings is 2. The lowest BCUT2D eigenvalue weighted by molar-refractivity contribution is -0.0137. The standard InChI is InChI=1S/C23H24O3/c1-13-8-11-18-17(12-13)19-21(26-23(18,2)3)16-10-9-14-6-4-5-7-15(14)20(16)25-22(19)24/h4-7,9-10,13,17-18H,8,11-12H2,1-3H3/t13?,17-,18-/m1/s1. The van der Waals surface area contributed by atoms with E-state index in [1.165, 1.54) is 6.42 Å². The normalized spacial score (nSPS) is 27.0. The van der Waals surface area contributed by atoms with Crippen LogP contribution in [0.1, 0.15) is 51.5 Å². The Morgan fingerprint density at radius 1 is 1.04 bits per heavy atom. The number of hydrogen-bond donors (Lipinski definition) is 0. The minimum absolute atomic E-state index is 0.219. The van der Waals surface area contributed by atoms with Crippen molar-refractivity contribution in [2.75, 3.05) is 0 Å². The second-order valence-corrected chi connectivity index (χ2v) is 8.63. The summed E-state index contributed by atoms with van der Waals surface area (Å²) in [7, 11) is 0. The van der Waals surface area contributed by atoms with Gasteiger partial charge in [-0.05, 0) is 44.1 Å². The van der Waals surface area contributed by atoms with E-state index in [1.54, 1.807) is 0 Å². The van der Waals surface area contributed by atoms with Crippen LogP contribution in [0, 0.1) is 11.8 Å². The van der Waals surface area contributed by atoms with Crippen molar-refractivity contribution in [2.45, 2.75) is 51.6 Å². The summed E-state index contributed by atoms with van der Waals surface area (Å²) in [4.78, 5) is 13.0. The summed E-state index contributed by atoms with van der Waals surface area (Å²) in [6, 6.07) is 12.2. The Balaban J connectivity index is 1.84. The number of rotatable bonds is 0. The second-order valence-electron chi connectivity index (χ2n) is 8.63. The summed E-state index contributed by atoms with van der Waals surface area (Å²) in [5, 5.41) is 2.95. The fourth-order valence-electron chi connectivity index (χ4n) is 5.22. The largest absolute Gasteiger partial charge is 0.486 e. The highest BCUT2D eigenvalue weighted by Gasteiger charge is 2.48. The molecule has 1 aliphatic carbocycles. The Bertz CT molecular complexity index is 1080. The van der Waals surface area contributed by atoms with Crippen LogP contribution in [-0.2, 0) is 0 Å². The van der Waals surface area contributed by atoms with E-state index in [9.17, 15) is 4.79 Å². The van der Waals surface area contributed by atoms with Crippen molar-refractivity contribution in [3.8, 4) is 5.75 Å². The molecule has 1 saturated carbocycles. The van der Waals surface area contributed by atoms with Gasteiger partial charge in [0.15, 0.2) is 0 Å². The van der Waals surface area contributed by atoms with Crippen LogP contribution in [0.25, 0.3) is 21.7 Å². The Morgan fingerprint density at radius 2 is 1.85 bits per heavy atom. The van der Waals surface area contributed by atoms with E-state index < -0.39 is 0 Å². The van der Waals surface area contributed by atoms with Gasteiger partial charge in [0.2, 0.25) is 0 Å². The Labute approximate surface area is 153 Å². The zero-order valence-corrected chi connectivity index (χ0v) is 15.5. The lowest BCUT2D eigenvalue weighted by Crippen LogP contribution is -2.48. The maximum Gasteiger partial charge on any atom is 0.343 e. The SMILES string of the molecule is CC1CC[C@@H]2[C@@H](C1)c1c(c3ccc4ccccc4c3oc1=O)OC2(C)C. The molecule has 3 aromatic rings. The molecule has 3 atom stereocenters. The Kier molecular flexibility index (Phi) is 3.28. The van der Waals surface area contributed by atoms with Crippen LogP contribution in [0.3, 0.4) is 0 Å². The Morgan fingerprint density at radius 3 is 2.69 bits per heavy atom. The second kappa shape index (κ2) is 5.35. The lowest BCUT2D eigenvalue weighted by Gasteiger charge is -2.48. The van der Waals surface area contributed by atoms with E-state index in [-0.39, 0.29) is 17.1 Å². The molecule has 3 heteroatoms. The predicted octanol–water partition coefficient (Wildman–Crippen LogP) is 5.64. The maximum absolute atomic E-state index is 13.0. The highest BCUT2D eigenvalue weighted by Crippen LogP contribution is 2.53. The van der Waals surface area contributed by atoms with Crippen molar-refractivity contribution < 1.29 is 9.15 Å². The molecule has 1 unspecified atom stereocenters. The predicted molar refractivity (Wildman–Crippen MR) is 104 cm³/mol. The molecular formula is C23H24O3. The average Bonchev–Trinajstić information content (AvgIpc) is 2.60. The quantitative estimate of drug-likeness (QED) is 0.390. The number of hydrogen-bond acceptors (Lipinski definition) is 3. The van der Waals surface area contributed by atoms with Crippen LogP contribution < -0.4 is 10.4 Å². The van der Waals surface area contributed by atoms with Gasteiger partial charge in [-0.15, -0.1) is 0 Å². The highest BCUT2D eigenvalue weighted by atomic mass is 16.5. The number of ether oxygens (including phenoxy) is 1. The summed E-state index contributed by atoms with van der Waals surface area (Å²) in [6.45, 7) is 6.63. The molecule has 2 aromatic carbocycles. The van der Waals surface area contributed by atoms with Gasteiger partial charge in [0, 0.05) is 17.2 Å². The van der Waals surface area contributed by atoms with Crippen molar-refractivity contribution >= 4 is 21.7 Å². The highest BCUT2D eigenvalue weighted by molar-refractivity contribution is 6.06. The molecule has 134 valence electrons. The van der Waals surface area contributed by atoms with Gasteiger partial charge in [0.25, 0.3) is 0 Å². The van der Waals surface area contributed by atoms with Gasteiger partial charge in [-0.25, -0.2) is 4.79 Å². The van der Waals surface area contributed by atoms with Gasteiger partial charge in [-0.2, -0.15) is 0 Å². The molecule has 0 radical (unpaired) electrons. The first-order valence-corrected chi connectivity index (χ1v) is 9.63. The molecule has 0 N–H and O–H groups in total. The van der Waals surface area contributed by atoms with Crippen LogP contribution in [0.15, 0.2) is 45.6 Å². The third-order valence-electron chi connectivity index (χ3n) is 6.52. The fourth-order valence-corrected chi connectivity index (χ4v) is 5.22. The minimum Gasteiger partial charge on any atom is -0.486 e. The first-order chi connectivity index (χ1) is 12.5. The molecule has 1 fully saturated rings. The average molecular weight is 348 g/mol. The van der Waals surface area contributed by atoms with Gasteiger partial charge >= 0.3 is 5.63 Å². The van der Waals surface area contributed by atoms with E-state index >= 15 is 0 Å². The summed E-state index contributed by atoms with van der Waals surface area (Å²) in [5.74, 6) is 1.98. The van der Waals surface area contributed by atoms with Crippen LogP contribution in [0.5, 0.6) is 5.75 Å². The molecular weight excluding hydrogens is 324 g/mol. The van der Waals surface area contributed by atoms with Gasteiger partial charge in [-0.1, -0.05) is 43.7 Å². The zero-order valence-electron chi connectivity index (χ0n) is 15.5. The van der Waals surface area contributed by atoms with E-state index in [2.05, 4.69) is 26.8 Å². The van der Waals surface area contributed by atoms with E-state index in [4.69, 9.17) is 9.15 Å². The van der Waals surface area contributed by atoms with Gasteiger partial charge in [-0.3, -0.25) is 0 Å². The summed E-state index contributed by atoms with van der Waals surface area (Å²) >= 11 is 0. The smallest absolute Gasteiger partial charge is 0.343 e. The van der Waals surface area contributed by atoms with Crippen LogP contribution in [-0.4, -0.2) is 5.60 Å². The van der Waals surface area contributed by atoms with Crippen molar-refractivity contribution in [3.63, 3.8) is 0 Å². The summed E-state index contributed by atoms with van der Waals surface area (Å²) in [5.41, 5.74) is 0.918. The molecule has 26 heavy (non-hydrogen) atoms. The molecule has 5 rings (SSSR count). The third-order valence-corrected chi connectivity index (χ3v) is 6.52. The molecule has 2 heterocycles.